The van der Waals surface area contributed by atoms with Gasteiger partial charge in [-0.3, -0.25) is 4.79 Å². The first-order valence-corrected chi connectivity index (χ1v) is 3.91. The molecule has 0 spiro atoms. The molecule has 0 aliphatic heterocycles. The van der Waals surface area contributed by atoms with Crippen LogP contribution in [-0.4, -0.2) is 19.0 Å². The van der Waals surface area contributed by atoms with E-state index in [-0.39, 0.29) is 6.61 Å². The normalized spacial score (nSPS) is 13.1. The van der Waals surface area contributed by atoms with Gasteiger partial charge in [0.15, 0.2) is 0 Å². The van der Waals surface area contributed by atoms with E-state index in [1.165, 1.54) is 6.42 Å². The van der Waals surface area contributed by atoms with Crippen molar-refractivity contribution in [1.82, 2.24) is 0 Å². The Labute approximate surface area is 70.9 Å². The topological polar surface area (TPSA) is 26.3 Å². The van der Waals surface area contributed by atoms with Gasteiger partial charge in [0.2, 0.25) is 0 Å². The minimum Gasteiger partial charge on any atom is -0.466 e. The summed E-state index contributed by atoms with van der Waals surface area (Å²) in [6, 6.07) is 0. The summed E-state index contributed by atoms with van der Waals surface area (Å²) in [5.41, 5.74) is 0. The van der Waals surface area contributed by atoms with E-state index in [0.717, 1.165) is 0 Å². The molecule has 0 amide bonds. The number of hydrogen-bond acceptors (Lipinski definition) is 2. The van der Waals surface area contributed by atoms with Gasteiger partial charge in [0, 0.05) is 0 Å². The third kappa shape index (κ3) is 3.64. The summed E-state index contributed by atoms with van der Waals surface area (Å²) in [6.07, 6.45) is -0.958. The van der Waals surface area contributed by atoms with Gasteiger partial charge in [0.05, 0.1) is 6.61 Å². The minimum absolute atomic E-state index is 0.138. The van der Waals surface area contributed by atoms with Crippen molar-refractivity contribution in [2.24, 2.45) is 5.92 Å². The molecule has 0 saturated heterocycles. The van der Waals surface area contributed by atoms with Crippen molar-refractivity contribution >= 4 is 5.97 Å². The number of hydrogen-bond donors (Lipinski definition) is 0. The molecule has 1 radical (unpaired) electrons. The second-order valence-electron chi connectivity index (χ2n) is 2.26. The third-order valence-corrected chi connectivity index (χ3v) is 1.32. The summed E-state index contributed by atoms with van der Waals surface area (Å²) in [5, 5.41) is 0. The van der Waals surface area contributed by atoms with Crippen LogP contribution in [0.25, 0.3) is 0 Å². The summed E-state index contributed by atoms with van der Waals surface area (Å²) in [6.45, 7) is 3.43. The van der Waals surface area contributed by atoms with E-state index in [1.54, 1.807) is 13.8 Å². The van der Waals surface area contributed by atoms with Gasteiger partial charge in [-0.2, -0.15) is 0 Å². The Kier molecular flexibility index (Phi) is 5.58. The number of carbonyl (C=O) groups is 1. The number of alkyl halides is 2. The van der Waals surface area contributed by atoms with Gasteiger partial charge in [-0.25, -0.2) is 8.78 Å². The van der Waals surface area contributed by atoms with Crippen LogP contribution in [0.2, 0.25) is 0 Å². The van der Waals surface area contributed by atoms with E-state index in [2.05, 4.69) is 4.74 Å². The predicted molar refractivity (Wildman–Crippen MR) is 40.7 cm³/mol. The van der Waals surface area contributed by atoms with Gasteiger partial charge in [-0.15, -0.1) is 0 Å². The quantitative estimate of drug-likeness (QED) is 0.604. The highest BCUT2D eigenvalue weighted by Crippen LogP contribution is 2.16. The van der Waals surface area contributed by atoms with E-state index >= 15 is 0 Å². The Bertz CT molecular complexity index is 137. The molecule has 0 aromatic heterocycles. The molecule has 0 N–H and O–H groups in total. The van der Waals surface area contributed by atoms with E-state index < -0.39 is 18.3 Å². The molecule has 0 aromatic carbocycles. The van der Waals surface area contributed by atoms with Gasteiger partial charge in [0.1, 0.15) is 5.92 Å². The molecular formula is C8H13F2O2. The van der Waals surface area contributed by atoms with Crippen LogP contribution in [0.3, 0.4) is 0 Å². The average Bonchev–Trinajstić information content (AvgIpc) is 1.99. The van der Waals surface area contributed by atoms with Gasteiger partial charge >= 0.3 is 5.97 Å². The molecular weight excluding hydrogens is 166 g/mol. The lowest BCUT2D eigenvalue weighted by atomic mass is 10.1. The molecule has 0 aliphatic carbocycles. The van der Waals surface area contributed by atoms with Gasteiger partial charge < -0.3 is 4.74 Å². The first kappa shape index (κ1) is 11.3. The van der Waals surface area contributed by atoms with Crippen LogP contribution in [0.15, 0.2) is 0 Å². The third-order valence-electron chi connectivity index (χ3n) is 1.32. The molecule has 0 aromatic rings. The highest BCUT2D eigenvalue weighted by molar-refractivity contribution is 5.74. The van der Waals surface area contributed by atoms with E-state index in [9.17, 15) is 13.6 Å². The smallest absolute Gasteiger partial charge is 0.315 e. The maximum Gasteiger partial charge on any atom is 0.315 e. The second kappa shape index (κ2) is 5.91. The van der Waals surface area contributed by atoms with Crippen LogP contribution >= 0.6 is 0 Å². The largest absolute Gasteiger partial charge is 0.466 e. The molecule has 1 unspecified atom stereocenters. The number of ether oxygens (including phenoxy) is 1. The molecule has 4 heteroatoms. The van der Waals surface area contributed by atoms with Gasteiger partial charge in [-0.05, 0) is 13.3 Å². The number of halogens is 2. The molecule has 1 atom stereocenters. The fourth-order valence-electron chi connectivity index (χ4n) is 0.794. The Morgan fingerprint density at radius 1 is 1.50 bits per heavy atom. The molecule has 0 heterocycles. The number of esters is 1. The number of carbonyl (C=O) groups excluding carboxylic acids is 1. The first-order valence-electron chi connectivity index (χ1n) is 3.91. The fraction of sp³-hybridized carbons (Fsp3) is 0.750. The van der Waals surface area contributed by atoms with Crippen LogP contribution < -0.4 is 0 Å². The van der Waals surface area contributed by atoms with E-state index in [0.29, 0.717) is 6.42 Å². The Hall–Kier alpha value is -0.670. The van der Waals surface area contributed by atoms with Crippen LogP contribution in [-0.2, 0) is 9.53 Å². The minimum atomic E-state index is -2.66. The molecule has 0 aliphatic rings. The lowest BCUT2D eigenvalue weighted by Crippen LogP contribution is -2.24. The Balaban J connectivity index is 4.00. The lowest BCUT2D eigenvalue weighted by Gasteiger charge is -2.12. The van der Waals surface area contributed by atoms with E-state index in [1.807, 2.05) is 0 Å². The highest BCUT2D eigenvalue weighted by Gasteiger charge is 2.28. The monoisotopic (exact) mass is 179 g/mol. The summed E-state index contributed by atoms with van der Waals surface area (Å²) < 4.78 is 28.7. The number of rotatable bonds is 5. The van der Waals surface area contributed by atoms with Crippen molar-refractivity contribution in [3.8, 4) is 0 Å². The van der Waals surface area contributed by atoms with Crippen LogP contribution in [0.1, 0.15) is 20.3 Å². The van der Waals surface area contributed by atoms with Crippen molar-refractivity contribution in [3.05, 3.63) is 6.42 Å². The average molecular weight is 179 g/mol. The Morgan fingerprint density at radius 3 is 2.42 bits per heavy atom. The molecule has 71 valence electrons. The summed E-state index contributed by atoms with van der Waals surface area (Å²) in [5.74, 6) is -2.20. The molecule has 0 saturated carbocycles. The highest BCUT2D eigenvalue weighted by atomic mass is 19.3. The molecule has 0 fully saturated rings. The molecule has 0 bridgehead atoms. The molecule has 12 heavy (non-hydrogen) atoms. The standard InChI is InChI=1S/C8H13F2O2/c1-3-5-6(7(9)10)8(11)12-4-2/h5-7H,3-4H2,1-2H3. The lowest BCUT2D eigenvalue weighted by molar-refractivity contribution is -0.151. The van der Waals surface area contributed by atoms with E-state index in [4.69, 9.17) is 0 Å². The van der Waals surface area contributed by atoms with Crippen molar-refractivity contribution in [3.63, 3.8) is 0 Å². The summed E-state index contributed by atoms with van der Waals surface area (Å²) >= 11 is 0. The summed E-state index contributed by atoms with van der Waals surface area (Å²) in [4.78, 5) is 10.8. The summed E-state index contributed by atoms with van der Waals surface area (Å²) in [7, 11) is 0. The van der Waals surface area contributed by atoms with Crippen LogP contribution in [0.5, 0.6) is 0 Å². The second-order valence-corrected chi connectivity index (χ2v) is 2.26. The van der Waals surface area contributed by atoms with Gasteiger partial charge in [0.25, 0.3) is 6.43 Å². The maximum atomic E-state index is 12.1. The zero-order valence-electron chi connectivity index (χ0n) is 7.22. The van der Waals surface area contributed by atoms with Crippen LogP contribution in [0.4, 0.5) is 8.78 Å². The first-order chi connectivity index (χ1) is 5.63. The zero-order chi connectivity index (χ0) is 9.56. The zero-order valence-corrected chi connectivity index (χ0v) is 7.22. The Morgan fingerprint density at radius 2 is 2.08 bits per heavy atom. The predicted octanol–water partition coefficient (Wildman–Crippen LogP) is 2.05. The van der Waals surface area contributed by atoms with Crippen molar-refractivity contribution < 1.29 is 18.3 Å². The van der Waals surface area contributed by atoms with Crippen LogP contribution in [0, 0.1) is 12.3 Å². The molecule has 0 rings (SSSR count). The van der Waals surface area contributed by atoms with Crippen molar-refractivity contribution in [2.75, 3.05) is 6.61 Å². The SMILES string of the molecule is CC[CH]C(C(=O)OCC)C(F)F. The molecule has 2 nitrogen and oxygen atoms in total. The van der Waals surface area contributed by atoms with Crippen molar-refractivity contribution in [2.45, 2.75) is 26.7 Å². The van der Waals surface area contributed by atoms with Gasteiger partial charge in [-0.1, -0.05) is 13.3 Å². The van der Waals surface area contributed by atoms with Crippen molar-refractivity contribution in [1.29, 1.82) is 0 Å². The maximum absolute atomic E-state index is 12.1. The fourth-order valence-corrected chi connectivity index (χ4v) is 0.794.